The highest BCUT2D eigenvalue weighted by Crippen LogP contribution is 2.43. The number of carbonyl (C=O) groups is 1. The first kappa shape index (κ1) is 16.5. The van der Waals surface area contributed by atoms with Crippen LogP contribution in [0, 0.1) is 6.57 Å². The van der Waals surface area contributed by atoms with Gasteiger partial charge >= 0.3 is 0 Å². The van der Waals surface area contributed by atoms with E-state index < -0.39 is 4.75 Å². The zero-order valence-electron chi connectivity index (χ0n) is 13.2. The van der Waals surface area contributed by atoms with Crippen LogP contribution in [0.4, 0.5) is 5.69 Å². The number of benzene rings is 2. The van der Waals surface area contributed by atoms with E-state index in [1.54, 1.807) is 23.5 Å². The van der Waals surface area contributed by atoms with Crippen molar-refractivity contribution in [1.29, 1.82) is 0 Å². The quantitative estimate of drug-likeness (QED) is 0.538. The van der Waals surface area contributed by atoms with Crippen LogP contribution in [-0.2, 0) is 4.79 Å². The summed E-state index contributed by atoms with van der Waals surface area (Å²) in [5.41, 5.74) is 10.9. The van der Waals surface area contributed by atoms with Gasteiger partial charge in [-0.15, -0.1) is 23.1 Å². The summed E-state index contributed by atoms with van der Waals surface area (Å²) in [5.74, 6) is -0.355. The predicted molar refractivity (Wildman–Crippen MR) is 100 cm³/mol. The molecule has 0 saturated carbocycles. The molecule has 0 aliphatic carbocycles. The van der Waals surface area contributed by atoms with Crippen molar-refractivity contribution in [3.8, 4) is 11.1 Å². The molecule has 0 aliphatic rings. The zero-order valence-corrected chi connectivity index (χ0v) is 14.9. The van der Waals surface area contributed by atoms with Gasteiger partial charge in [0.25, 0.3) is 0 Å². The molecule has 0 aliphatic heterocycles. The van der Waals surface area contributed by atoms with Crippen LogP contribution in [0.2, 0.25) is 0 Å². The monoisotopic (exact) mass is 353 g/mol. The van der Waals surface area contributed by atoms with Gasteiger partial charge in [0.2, 0.25) is 5.91 Å². The molecule has 1 aromatic heterocycles. The van der Waals surface area contributed by atoms with Crippen molar-refractivity contribution in [2.45, 2.75) is 23.5 Å². The van der Waals surface area contributed by atoms with Crippen molar-refractivity contribution in [2.24, 2.45) is 5.73 Å². The molecular weight excluding hydrogens is 338 g/mol. The van der Waals surface area contributed by atoms with Gasteiger partial charge in [-0.25, -0.2) is 9.83 Å². The average molecular weight is 353 g/mol. The summed E-state index contributed by atoms with van der Waals surface area (Å²) in [5, 5.41) is 0. The Morgan fingerprint density at radius 1 is 1.25 bits per heavy atom. The van der Waals surface area contributed by atoms with Gasteiger partial charge in [-0.2, -0.15) is 0 Å². The Labute approximate surface area is 148 Å². The summed E-state index contributed by atoms with van der Waals surface area (Å²) in [4.78, 5) is 20.5. The largest absolute Gasteiger partial charge is 0.368 e. The number of nitrogens with zero attached hydrogens (tertiary/aromatic N) is 2. The van der Waals surface area contributed by atoms with Crippen molar-refractivity contribution in [3.63, 3.8) is 0 Å². The minimum atomic E-state index is -0.719. The van der Waals surface area contributed by atoms with Gasteiger partial charge in [-0.05, 0) is 31.5 Å². The molecule has 0 atom stereocenters. The maximum Gasteiger partial charge on any atom is 0.233 e. The van der Waals surface area contributed by atoms with Crippen LogP contribution in [0.5, 0.6) is 0 Å². The third-order valence-corrected chi connectivity index (χ3v) is 5.84. The van der Waals surface area contributed by atoms with E-state index >= 15 is 0 Å². The molecule has 1 amide bonds. The minimum absolute atomic E-state index is 0.355. The van der Waals surface area contributed by atoms with Crippen LogP contribution < -0.4 is 5.73 Å². The number of thiazole rings is 1. The fraction of sp³-hybridized carbons (Fsp3) is 0.167. The number of hydrogen-bond acceptors (Lipinski definition) is 4. The molecule has 0 radical (unpaired) electrons. The molecule has 3 rings (SSSR count). The normalized spacial score (nSPS) is 11.4. The van der Waals surface area contributed by atoms with Gasteiger partial charge in [0.1, 0.15) is 0 Å². The smallest absolute Gasteiger partial charge is 0.233 e. The van der Waals surface area contributed by atoms with E-state index in [0.29, 0.717) is 5.69 Å². The van der Waals surface area contributed by atoms with Gasteiger partial charge in [-0.3, -0.25) is 4.79 Å². The Hall–Kier alpha value is -2.36. The Morgan fingerprint density at radius 3 is 2.58 bits per heavy atom. The van der Waals surface area contributed by atoms with Crippen LogP contribution in [0.1, 0.15) is 13.8 Å². The van der Waals surface area contributed by atoms with E-state index in [0.717, 1.165) is 26.2 Å². The van der Waals surface area contributed by atoms with Gasteiger partial charge in [0, 0.05) is 10.5 Å². The topological polar surface area (TPSA) is 60.3 Å². The van der Waals surface area contributed by atoms with Crippen molar-refractivity contribution >= 4 is 44.9 Å². The molecule has 4 nitrogen and oxygen atoms in total. The number of thioether (sulfide) groups is 1. The maximum absolute atomic E-state index is 11.7. The summed E-state index contributed by atoms with van der Waals surface area (Å²) in [6.07, 6.45) is 0. The Morgan fingerprint density at radius 2 is 1.96 bits per heavy atom. The van der Waals surface area contributed by atoms with Crippen molar-refractivity contribution in [3.05, 3.63) is 53.3 Å². The molecule has 3 aromatic rings. The molecule has 24 heavy (non-hydrogen) atoms. The van der Waals surface area contributed by atoms with E-state index in [2.05, 4.69) is 9.83 Å². The predicted octanol–water partition coefficient (Wildman–Crippen LogP) is 4.87. The summed E-state index contributed by atoms with van der Waals surface area (Å²) < 4.78 is 0.347. The number of hydrogen-bond donors (Lipinski definition) is 1. The van der Waals surface area contributed by atoms with E-state index in [-0.39, 0.29) is 5.91 Å². The lowest BCUT2D eigenvalue weighted by molar-refractivity contribution is -0.119. The number of rotatable bonds is 4. The standard InChI is InChI=1S/C18H15N3OS2/c1-18(2,17(19)22)24-14-9-8-13-16(23-10-21-13)15(14)11-4-6-12(20-3)7-5-11/h4-10H,1-2H3,(H2,19,22). The molecule has 0 saturated heterocycles. The third kappa shape index (κ3) is 3.01. The second kappa shape index (κ2) is 6.27. The molecule has 120 valence electrons. The highest BCUT2D eigenvalue weighted by molar-refractivity contribution is 8.01. The first-order chi connectivity index (χ1) is 11.4. The first-order valence-corrected chi connectivity index (χ1v) is 8.95. The molecule has 0 fully saturated rings. The number of aromatic nitrogens is 1. The molecule has 1 heterocycles. The second-order valence-electron chi connectivity index (χ2n) is 5.77. The maximum atomic E-state index is 11.7. The third-order valence-electron chi connectivity index (χ3n) is 3.70. The Kier molecular flexibility index (Phi) is 4.31. The number of fused-ring (bicyclic) bond motifs is 1. The summed E-state index contributed by atoms with van der Waals surface area (Å²) >= 11 is 3.01. The lowest BCUT2D eigenvalue weighted by atomic mass is 10.0. The summed E-state index contributed by atoms with van der Waals surface area (Å²) in [6.45, 7) is 10.7. The fourth-order valence-electron chi connectivity index (χ4n) is 2.30. The summed E-state index contributed by atoms with van der Waals surface area (Å²) in [6, 6.07) is 11.4. The Balaban J connectivity index is 2.19. The van der Waals surface area contributed by atoms with E-state index in [9.17, 15) is 4.79 Å². The lowest BCUT2D eigenvalue weighted by Gasteiger charge is -2.22. The lowest BCUT2D eigenvalue weighted by Crippen LogP contribution is -2.34. The molecule has 2 aromatic carbocycles. The van der Waals surface area contributed by atoms with Crippen LogP contribution in [0.3, 0.4) is 0 Å². The van der Waals surface area contributed by atoms with E-state index in [1.807, 2.05) is 43.6 Å². The number of carbonyl (C=O) groups excluding carboxylic acids is 1. The highest BCUT2D eigenvalue weighted by Gasteiger charge is 2.28. The van der Waals surface area contributed by atoms with Crippen LogP contribution in [0.15, 0.2) is 46.8 Å². The van der Waals surface area contributed by atoms with E-state index in [1.165, 1.54) is 11.8 Å². The summed E-state index contributed by atoms with van der Waals surface area (Å²) in [7, 11) is 0. The molecular formula is C18H15N3OS2. The number of primary amides is 1. The van der Waals surface area contributed by atoms with Gasteiger partial charge in [-0.1, -0.05) is 24.3 Å². The van der Waals surface area contributed by atoms with Crippen LogP contribution in [-0.4, -0.2) is 15.6 Å². The number of nitrogens with two attached hydrogens (primary N) is 1. The van der Waals surface area contributed by atoms with Gasteiger partial charge in [0.15, 0.2) is 5.69 Å². The van der Waals surface area contributed by atoms with Gasteiger partial charge < -0.3 is 5.73 Å². The molecule has 2 N–H and O–H groups in total. The zero-order chi connectivity index (χ0) is 17.3. The highest BCUT2D eigenvalue weighted by atomic mass is 32.2. The molecule has 0 bridgehead atoms. The van der Waals surface area contributed by atoms with Crippen LogP contribution >= 0.6 is 23.1 Å². The van der Waals surface area contributed by atoms with Crippen molar-refractivity contribution < 1.29 is 4.79 Å². The molecule has 0 spiro atoms. The average Bonchev–Trinajstić information content (AvgIpc) is 3.03. The SMILES string of the molecule is [C-]#[N+]c1ccc(-c2c(SC(C)(C)C(N)=O)ccc3ncsc23)cc1. The molecule has 0 unspecified atom stereocenters. The van der Waals surface area contributed by atoms with Gasteiger partial charge in [0.05, 0.1) is 27.0 Å². The fourth-order valence-corrected chi connectivity index (χ4v) is 4.33. The van der Waals surface area contributed by atoms with Crippen molar-refractivity contribution in [1.82, 2.24) is 4.98 Å². The second-order valence-corrected chi connectivity index (χ2v) is 8.29. The minimum Gasteiger partial charge on any atom is -0.368 e. The van der Waals surface area contributed by atoms with Crippen molar-refractivity contribution in [2.75, 3.05) is 0 Å². The number of amides is 1. The first-order valence-electron chi connectivity index (χ1n) is 7.25. The Bertz CT molecular complexity index is 953. The van der Waals surface area contributed by atoms with Crippen LogP contribution in [0.25, 0.3) is 26.2 Å². The molecule has 6 heteroatoms. The van der Waals surface area contributed by atoms with E-state index in [4.69, 9.17) is 12.3 Å².